The molecule has 3 saturated carbocycles. The Hall–Kier alpha value is -1.91. The number of oxime groups is 1. The van der Waals surface area contributed by atoms with E-state index in [2.05, 4.69) is 32.0 Å². The van der Waals surface area contributed by atoms with Crippen LogP contribution in [0.25, 0.3) is 0 Å². The third-order valence-electron chi connectivity index (χ3n) is 8.92. The third kappa shape index (κ3) is 2.38. The van der Waals surface area contributed by atoms with E-state index in [0.717, 1.165) is 36.7 Å². The van der Waals surface area contributed by atoms with Gasteiger partial charge in [-0.25, -0.2) is 0 Å². The molecule has 4 rings (SSSR count). The number of aliphatic carboxylic acids is 1. The van der Waals surface area contributed by atoms with Crippen molar-refractivity contribution in [3.63, 3.8) is 0 Å². The van der Waals surface area contributed by atoms with E-state index >= 15 is 0 Å². The second kappa shape index (κ2) is 7.06. The molecule has 5 nitrogen and oxygen atoms in total. The van der Waals surface area contributed by atoms with Crippen molar-refractivity contribution in [2.75, 3.05) is 6.61 Å². The van der Waals surface area contributed by atoms with Gasteiger partial charge in [0.15, 0.2) is 0 Å². The van der Waals surface area contributed by atoms with Crippen LogP contribution in [0.1, 0.15) is 60.3 Å². The summed E-state index contributed by atoms with van der Waals surface area (Å²) in [6, 6.07) is 0. The van der Waals surface area contributed by atoms with Crippen LogP contribution in [0.3, 0.4) is 0 Å². The van der Waals surface area contributed by atoms with Crippen molar-refractivity contribution in [2.24, 2.45) is 51.0 Å². The van der Waals surface area contributed by atoms with Gasteiger partial charge in [0.2, 0.25) is 0 Å². The predicted molar refractivity (Wildman–Crippen MR) is 116 cm³/mol. The number of rotatable bonds is 7. The first-order chi connectivity index (χ1) is 14.2. The molecule has 4 aliphatic carbocycles. The first-order valence-corrected chi connectivity index (χ1v) is 11.4. The van der Waals surface area contributed by atoms with Gasteiger partial charge in [0, 0.05) is 5.41 Å². The van der Waals surface area contributed by atoms with E-state index in [1.807, 2.05) is 19.9 Å². The average Bonchev–Trinajstić information content (AvgIpc) is 3.24. The van der Waals surface area contributed by atoms with Crippen molar-refractivity contribution >= 4 is 18.5 Å². The van der Waals surface area contributed by atoms with Crippen LogP contribution in [0.5, 0.6) is 0 Å². The van der Waals surface area contributed by atoms with E-state index in [1.165, 1.54) is 0 Å². The number of allylic oxidation sites excluding steroid dienone is 2. The fourth-order valence-corrected chi connectivity index (χ4v) is 7.87. The Bertz CT molecular complexity index is 838. The molecule has 0 aromatic carbocycles. The molecule has 0 aromatic heterocycles. The Balaban J connectivity index is 1.87. The van der Waals surface area contributed by atoms with Gasteiger partial charge in [-0.3, -0.25) is 4.79 Å². The highest BCUT2D eigenvalue weighted by atomic mass is 16.6. The lowest BCUT2D eigenvalue weighted by Gasteiger charge is -2.57. The molecular formula is C25H35NO4. The molecule has 7 atom stereocenters. The summed E-state index contributed by atoms with van der Waals surface area (Å²) >= 11 is 0. The molecule has 0 aliphatic heterocycles. The zero-order valence-corrected chi connectivity index (χ0v) is 18.9. The standard InChI is InChI=1S/C25H35NO4/c1-15(2)8-9-30-26-13-23-12-19-17(5)6-7-20(19)24(14-27)11-18(23)10-21(16(3)4)25(23,24)22(28)29/h8,10,13-14,16-20H,6-7,9,11-12H2,1-5H3,(H,28,29)/b26-13+/t17-,18+,19-,20-,23+,24+,25-/m1/s1. The van der Waals surface area contributed by atoms with Gasteiger partial charge in [0.25, 0.3) is 0 Å². The summed E-state index contributed by atoms with van der Waals surface area (Å²) in [5.74, 6) is 0.229. The van der Waals surface area contributed by atoms with Gasteiger partial charge in [-0.2, -0.15) is 0 Å². The molecule has 0 spiro atoms. The molecule has 0 unspecified atom stereocenters. The van der Waals surface area contributed by atoms with Crippen LogP contribution in [0.15, 0.2) is 28.5 Å². The van der Waals surface area contributed by atoms with Crippen molar-refractivity contribution in [2.45, 2.75) is 60.3 Å². The maximum atomic E-state index is 13.2. The number of carbonyl (C=O) groups excluding carboxylic acids is 1. The minimum Gasteiger partial charge on any atom is -0.481 e. The zero-order valence-electron chi connectivity index (χ0n) is 18.9. The minimum atomic E-state index is -1.21. The lowest BCUT2D eigenvalue weighted by Crippen LogP contribution is -2.63. The monoisotopic (exact) mass is 413 g/mol. The summed E-state index contributed by atoms with van der Waals surface area (Å²) in [4.78, 5) is 31.6. The van der Waals surface area contributed by atoms with Crippen molar-refractivity contribution in [3.8, 4) is 0 Å². The number of hydrogen-bond acceptors (Lipinski definition) is 4. The summed E-state index contributed by atoms with van der Waals surface area (Å²) in [6.07, 6.45) is 10.4. The highest BCUT2D eigenvalue weighted by Gasteiger charge is 2.84. The summed E-state index contributed by atoms with van der Waals surface area (Å²) in [6.45, 7) is 10.7. The van der Waals surface area contributed by atoms with Crippen molar-refractivity contribution < 1.29 is 19.5 Å². The largest absolute Gasteiger partial charge is 0.481 e. The minimum absolute atomic E-state index is 0.0183. The Morgan fingerprint density at radius 3 is 2.63 bits per heavy atom. The molecule has 0 amide bonds. The van der Waals surface area contributed by atoms with Crippen LogP contribution in [-0.4, -0.2) is 30.2 Å². The first-order valence-electron chi connectivity index (χ1n) is 11.4. The number of hydrogen-bond donors (Lipinski definition) is 1. The lowest BCUT2D eigenvalue weighted by molar-refractivity contribution is -0.173. The van der Waals surface area contributed by atoms with Crippen LogP contribution < -0.4 is 0 Å². The van der Waals surface area contributed by atoms with E-state index in [0.29, 0.717) is 24.9 Å². The molecule has 5 heteroatoms. The highest BCUT2D eigenvalue weighted by Crippen LogP contribution is 2.82. The summed E-state index contributed by atoms with van der Waals surface area (Å²) < 4.78 is 0. The number of nitrogens with zero attached hydrogens (tertiary/aromatic N) is 1. The first kappa shape index (κ1) is 21.3. The number of carboxylic acids is 1. The lowest BCUT2D eigenvalue weighted by atomic mass is 9.43. The molecule has 0 saturated heterocycles. The topological polar surface area (TPSA) is 76.0 Å². The molecule has 0 radical (unpaired) electrons. The molecule has 0 aromatic rings. The van der Waals surface area contributed by atoms with E-state index in [9.17, 15) is 14.7 Å². The molecule has 164 valence electrons. The highest BCUT2D eigenvalue weighted by molar-refractivity contribution is 5.96. The molecule has 4 aliphatic rings. The summed E-state index contributed by atoms with van der Waals surface area (Å²) in [5.41, 5.74) is -0.682. The number of carbonyl (C=O) groups is 2. The van der Waals surface area contributed by atoms with Gasteiger partial charge in [0.05, 0.1) is 11.6 Å². The fourth-order valence-electron chi connectivity index (χ4n) is 7.87. The smallest absolute Gasteiger partial charge is 0.315 e. The Morgan fingerprint density at radius 2 is 2.03 bits per heavy atom. The van der Waals surface area contributed by atoms with Gasteiger partial charge in [-0.15, -0.1) is 0 Å². The fraction of sp³-hybridized carbons (Fsp3) is 0.720. The van der Waals surface area contributed by atoms with E-state index in [-0.39, 0.29) is 17.8 Å². The maximum Gasteiger partial charge on any atom is 0.315 e. The van der Waals surface area contributed by atoms with Gasteiger partial charge in [0.1, 0.15) is 18.3 Å². The van der Waals surface area contributed by atoms with E-state index < -0.39 is 22.2 Å². The Morgan fingerprint density at radius 1 is 1.30 bits per heavy atom. The Labute approximate surface area is 179 Å². The molecule has 1 N–H and O–H groups in total. The third-order valence-corrected chi connectivity index (χ3v) is 8.92. The Kier molecular flexibility index (Phi) is 5.02. The zero-order chi connectivity index (χ0) is 21.9. The number of carboxylic acid groups (broad SMARTS) is 1. The van der Waals surface area contributed by atoms with Crippen LogP contribution >= 0.6 is 0 Å². The quantitative estimate of drug-likeness (QED) is 0.212. The van der Waals surface area contributed by atoms with E-state index in [4.69, 9.17) is 4.84 Å². The number of aldehydes is 1. The summed E-state index contributed by atoms with van der Waals surface area (Å²) in [7, 11) is 0. The van der Waals surface area contributed by atoms with Crippen molar-refractivity contribution in [1.82, 2.24) is 0 Å². The van der Waals surface area contributed by atoms with Gasteiger partial charge >= 0.3 is 5.97 Å². The van der Waals surface area contributed by atoms with Gasteiger partial charge < -0.3 is 14.7 Å². The summed E-state index contributed by atoms with van der Waals surface area (Å²) in [5, 5.41) is 15.1. The second-order valence-electron chi connectivity index (χ2n) is 10.7. The van der Waals surface area contributed by atoms with Crippen LogP contribution in [-0.2, 0) is 14.4 Å². The van der Waals surface area contributed by atoms with Crippen LogP contribution in [0.2, 0.25) is 0 Å². The van der Waals surface area contributed by atoms with Crippen molar-refractivity contribution in [1.29, 1.82) is 0 Å². The second-order valence-corrected chi connectivity index (χ2v) is 10.7. The molecule has 30 heavy (non-hydrogen) atoms. The van der Waals surface area contributed by atoms with E-state index in [1.54, 1.807) is 6.21 Å². The van der Waals surface area contributed by atoms with Crippen LogP contribution in [0.4, 0.5) is 0 Å². The number of fused-ring (bicyclic) bond motifs is 2. The average molecular weight is 414 g/mol. The van der Waals surface area contributed by atoms with Crippen LogP contribution in [0, 0.1) is 45.8 Å². The maximum absolute atomic E-state index is 13.2. The SMILES string of the molecule is CC(C)=CCO/N=C/[C@@]12C[C@@H]3[C@H](C)CC[C@H]3[C@@]3(C=O)C[C@@H]1C=C(C(C)C)[C@]32C(=O)O. The predicted octanol–water partition coefficient (Wildman–Crippen LogP) is 4.88. The molecular weight excluding hydrogens is 378 g/mol. The molecule has 4 bridgehead atoms. The van der Waals surface area contributed by atoms with Crippen molar-refractivity contribution in [3.05, 3.63) is 23.3 Å². The normalized spacial score (nSPS) is 43.6. The molecule has 3 fully saturated rings. The van der Waals surface area contributed by atoms with Gasteiger partial charge in [-0.05, 0) is 68.8 Å². The van der Waals surface area contributed by atoms with Gasteiger partial charge in [-0.1, -0.05) is 49.6 Å². The molecule has 0 heterocycles.